The summed E-state index contributed by atoms with van der Waals surface area (Å²) >= 11 is 0. The Hall–Kier alpha value is 3.15. The van der Waals surface area contributed by atoms with E-state index < -0.39 is 8.07 Å². The normalized spacial score (nSPS) is 8.15. The van der Waals surface area contributed by atoms with E-state index in [0.717, 1.165) is 24.2 Å². The van der Waals surface area contributed by atoms with Crippen LogP contribution in [0.5, 0.6) is 0 Å². The van der Waals surface area contributed by atoms with Gasteiger partial charge in [-0.3, -0.25) is 0 Å². The summed E-state index contributed by atoms with van der Waals surface area (Å²) in [7, 11) is -1.14. The first-order valence-electron chi connectivity index (χ1n) is 3.41. The van der Waals surface area contributed by atoms with Crippen molar-refractivity contribution in [3.05, 3.63) is 27.7 Å². The van der Waals surface area contributed by atoms with Gasteiger partial charge in [-0.05, 0) is 0 Å². The maximum absolute atomic E-state index is 3.91. The van der Waals surface area contributed by atoms with Gasteiger partial charge in [-0.15, -0.1) is 0 Å². The zero-order valence-corrected chi connectivity index (χ0v) is 20.6. The first kappa shape index (κ1) is 29.8. The second-order valence-electron chi connectivity index (χ2n) is 2.50. The molecule has 0 N–H and O–H groups in total. The monoisotopic (exact) mass is 644 g/mol. The Balaban J connectivity index is -0.00000000267. The summed E-state index contributed by atoms with van der Waals surface area (Å²) in [5.74, 6) is 0. The van der Waals surface area contributed by atoms with Crippen molar-refractivity contribution >= 4 is 104 Å². The third kappa shape index (κ3) is 11.4. The van der Waals surface area contributed by atoms with Crippen molar-refractivity contribution in [2.45, 2.75) is 24.2 Å². The quantitative estimate of drug-likeness (QED) is 0.320. The number of rotatable bonds is 4. The third-order valence-corrected chi connectivity index (χ3v) is 6.36. The zero-order chi connectivity index (χ0) is 7.33. The molecule has 0 spiro atoms. The standard InChI is InChI=1S/C8H16Si.4Sn.12H2/c1-5-9(6-2,7-3)8-4;;;;;;;;;;;;;;;;/h1-8H2;;;;;12*1H. The second-order valence-corrected chi connectivity index (χ2v) is 7.50. The molecule has 0 aliphatic rings. The first-order valence-corrected chi connectivity index (χ1v) is 6.24. The fraction of sp³-hybridized carbons (Fsp3) is 0.500. The van der Waals surface area contributed by atoms with Gasteiger partial charge < -0.3 is 13.8 Å². The van der Waals surface area contributed by atoms with Gasteiger partial charge in [0.05, 0.1) is 25.9 Å². The van der Waals surface area contributed by atoms with Crippen molar-refractivity contribution in [2.75, 3.05) is 0 Å². The summed E-state index contributed by atoms with van der Waals surface area (Å²) in [6.07, 6.45) is 0. The van der Waals surface area contributed by atoms with Crippen LogP contribution in [0.4, 0.5) is 0 Å². The summed E-state index contributed by atoms with van der Waals surface area (Å²) in [4.78, 5) is 0. The minimum Gasteiger partial charge on any atom is -0.346 e. The third-order valence-electron chi connectivity index (χ3n) is 2.12. The van der Waals surface area contributed by atoms with E-state index in [1.807, 2.05) is 0 Å². The van der Waals surface area contributed by atoms with Gasteiger partial charge in [0.15, 0.2) is 0 Å². The van der Waals surface area contributed by atoms with Crippen molar-refractivity contribution in [3.63, 3.8) is 0 Å². The van der Waals surface area contributed by atoms with Crippen LogP contribution in [0.25, 0.3) is 0 Å². The Morgan fingerprint density at radius 2 is 1.08 bits per heavy atom. The smallest absolute Gasteiger partial charge is 0.101 e. The fourth-order valence-electron chi connectivity index (χ4n) is 0.750. The SMILES string of the molecule is [CH2+]C[Si](C[CH2+])(C[CH2-])C[CH2-].[HH].[HH].[HH].[HH].[HH].[HH].[HH].[HH].[HH].[HH].[HH].[HH].[Sn].[Sn].[Sn].[Sn]. The minimum atomic E-state index is -1.14. The molecule has 0 atom stereocenters. The van der Waals surface area contributed by atoms with Gasteiger partial charge in [0.1, 0.15) is 8.07 Å². The van der Waals surface area contributed by atoms with Crippen LogP contribution in [0, 0.1) is 27.7 Å². The molecule has 0 fully saturated rings. The molecule has 0 nitrogen and oxygen atoms in total. The minimum absolute atomic E-state index is 0. The van der Waals surface area contributed by atoms with Crippen LogP contribution in [0.15, 0.2) is 0 Å². The molecule has 0 saturated carbocycles. The van der Waals surface area contributed by atoms with Gasteiger partial charge in [-0.25, -0.2) is 0 Å². The van der Waals surface area contributed by atoms with E-state index >= 15 is 0 Å². The van der Waals surface area contributed by atoms with Crippen molar-refractivity contribution < 1.29 is 17.1 Å². The topological polar surface area (TPSA) is 0 Å². The van der Waals surface area contributed by atoms with Crippen LogP contribution >= 0.6 is 0 Å². The van der Waals surface area contributed by atoms with E-state index in [9.17, 15) is 0 Å². The van der Waals surface area contributed by atoms with E-state index in [0.29, 0.717) is 0 Å². The maximum Gasteiger partial charge on any atom is 0.101 e. The summed E-state index contributed by atoms with van der Waals surface area (Å²) in [6, 6.07) is 4.18. The summed E-state index contributed by atoms with van der Waals surface area (Å²) in [5, 5.41) is 0. The molecule has 16 radical (unpaired) electrons. The Kier molecular flexibility index (Phi) is 40.2. The summed E-state index contributed by atoms with van der Waals surface area (Å²) in [5.41, 5.74) is 0. The van der Waals surface area contributed by atoms with Crippen LogP contribution < -0.4 is 0 Å². The van der Waals surface area contributed by atoms with Gasteiger partial charge in [0.25, 0.3) is 0 Å². The molecule has 0 aliphatic carbocycles. The van der Waals surface area contributed by atoms with Gasteiger partial charge in [0.2, 0.25) is 0 Å². The van der Waals surface area contributed by atoms with Gasteiger partial charge in [0, 0.05) is 113 Å². The molecule has 13 heavy (non-hydrogen) atoms. The Labute approximate surface area is 171 Å². The molecule has 0 unspecified atom stereocenters. The van der Waals surface area contributed by atoms with E-state index in [-0.39, 0.29) is 113 Å². The Bertz CT molecular complexity index is 84.0. The molecule has 0 rings (SSSR count). The van der Waals surface area contributed by atoms with Crippen molar-refractivity contribution in [3.8, 4) is 0 Å². The summed E-state index contributed by atoms with van der Waals surface area (Å²) in [6.45, 7) is 15.6. The largest absolute Gasteiger partial charge is 0.346 e. The Morgan fingerprint density at radius 1 is 0.846 bits per heavy atom. The molecule has 0 heterocycles. The predicted molar refractivity (Wildman–Crippen MR) is 94.8 cm³/mol. The molecule has 5 heteroatoms. The van der Waals surface area contributed by atoms with E-state index in [2.05, 4.69) is 27.7 Å². The van der Waals surface area contributed by atoms with Crippen molar-refractivity contribution in [2.24, 2.45) is 0 Å². The predicted octanol–water partition coefficient (Wildman–Crippen LogP) is 4.20. The first-order chi connectivity index (χ1) is 4.24. The second kappa shape index (κ2) is 17.5. The molecule has 0 aromatic rings. The van der Waals surface area contributed by atoms with E-state index in [4.69, 9.17) is 0 Å². The van der Waals surface area contributed by atoms with Crippen molar-refractivity contribution in [1.82, 2.24) is 0 Å². The number of hydrogen-bond acceptors (Lipinski definition) is 0. The van der Waals surface area contributed by atoms with E-state index in [1.165, 1.54) is 0 Å². The Morgan fingerprint density at radius 3 is 1.08 bits per heavy atom. The summed E-state index contributed by atoms with van der Waals surface area (Å²) < 4.78 is 0. The van der Waals surface area contributed by atoms with Gasteiger partial charge in [-0.1, -0.05) is 0 Å². The molecule has 92 valence electrons. The van der Waals surface area contributed by atoms with E-state index in [1.54, 1.807) is 0 Å². The van der Waals surface area contributed by atoms with Gasteiger partial charge >= 0.3 is 0 Å². The van der Waals surface area contributed by atoms with Crippen LogP contribution in [0.2, 0.25) is 24.2 Å². The van der Waals surface area contributed by atoms with Crippen LogP contribution in [-0.2, 0) is 0 Å². The molecule has 0 aromatic heterocycles. The average Bonchev–Trinajstić information content (AvgIpc) is 1.95. The molecular formula is C8H40SiSn4. The van der Waals surface area contributed by atoms with Crippen molar-refractivity contribution in [1.29, 1.82) is 0 Å². The zero-order valence-electron chi connectivity index (χ0n) is 8.16. The van der Waals surface area contributed by atoms with Crippen LogP contribution in [0.3, 0.4) is 0 Å². The van der Waals surface area contributed by atoms with Gasteiger partial charge in [-0.2, -0.15) is 12.1 Å². The molecule has 0 bridgehead atoms. The molecule has 0 saturated heterocycles. The molecular weight excluding hydrogens is 599 g/mol. The maximum atomic E-state index is 3.91. The van der Waals surface area contributed by atoms with Crippen LogP contribution in [0.1, 0.15) is 17.1 Å². The fourth-order valence-corrected chi connectivity index (χ4v) is 2.25. The molecule has 0 aromatic carbocycles. The number of hydrogen-bond donors (Lipinski definition) is 0. The average molecular weight is 639 g/mol. The van der Waals surface area contributed by atoms with Crippen LogP contribution in [-0.4, -0.2) is 104 Å². The molecule has 0 aliphatic heterocycles. The molecule has 0 amide bonds.